The summed E-state index contributed by atoms with van der Waals surface area (Å²) in [6, 6.07) is 3.85. The Morgan fingerprint density at radius 3 is 3.00 bits per heavy atom. The van der Waals surface area contributed by atoms with Gasteiger partial charge in [-0.3, -0.25) is 0 Å². The van der Waals surface area contributed by atoms with Crippen molar-refractivity contribution >= 4 is 15.9 Å². The molecule has 1 aromatic heterocycles. The van der Waals surface area contributed by atoms with Crippen LogP contribution in [0.2, 0.25) is 0 Å². The molecule has 4 heteroatoms. The van der Waals surface area contributed by atoms with Crippen molar-refractivity contribution in [1.29, 1.82) is 0 Å². The van der Waals surface area contributed by atoms with E-state index in [1.54, 1.807) is 0 Å². The topological polar surface area (TPSA) is 45.4 Å². The molecule has 1 fully saturated rings. The number of hydrogen-bond donors (Lipinski definition) is 2. The third-order valence-corrected chi connectivity index (χ3v) is 4.09. The van der Waals surface area contributed by atoms with Crippen LogP contribution in [0, 0.1) is 5.92 Å². The lowest BCUT2D eigenvalue weighted by atomic mass is 9.77. The normalized spacial score (nSPS) is 29.5. The second kappa shape index (κ2) is 5.55. The van der Waals surface area contributed by atoms with Crippen LogP contribution < -0.4 is 5.32 Å². The van der Waals surface area contributed by atoms with Gasteiger partial charge >= 0.3 is 0 Å². The number of furan rings is 1. The highest BCUT2D eigenvalue weighted by Crippen LogP contribution is 2.32. The van der Waals surface area contributed by atoms with E-state index in [1.807, 2.05) is 12.1 Å². The van der Waals surface area contributed by atoms with Gasteiger partial charge in [-0.15, -0.1) is 0 Å². The molecular formula is C13H20BrNO2. The summed E-state index contributed by atoms with van der Waals surface area (Å²) in [6.07, 6.45) is 4.56. The van der Waals surface area contributed by atoms with Crippen LogP contribution in [0.15, 0.2) is 21.2 Å². The molecule has 1 aromatic rings. The highest BCUT2D eigenvalue weighted by Gasteiger charge is 2.33. The van der Waals surface area contributed by atoms with Gasteiger partial charge in [0.2, 0.25) is 0 Å². The Labute approximate surface area is 111 Å². The maximum atomic E-state index is 9.64. The molecule has 0 aliphatic heterocycles. The fourth-order valence-corrected chi connectivity index (χ4v) is 3.08. The van der Waals surface area contributed by atoms with Crippen molar-refractivity contribution < 1.29 is 9.52 Å². The molecule has 0 saturated heterocycles. The summed E-state index contributed by atoms with van der Waals surface area (Å²) in [5.41, 5.74) is -0.114. The third kappa shape index (κ3) is 3.33. The van der Waals surface area contributed by atoms with Crippen molar-refractivity contribution in [1.82, 2.24) is 5.32 Å². The van der Waals surface area contributed by atoms with Gasteiger partial charge in [-0.05, 0) is 46.8 Å². The molecule has 1 saturated carbocycles. The van der Waals surface area contributed by atoms with Crippen LogP contribution in [0.4, 0.5) is 0 Å². The summed E-state index contributed by atoms with van der Waals surface area (Å²) < 4.78 is 6.22. The van der Waals surface area contributed by atoms with Gasteiger partial charge in [0, 0.05) is 5.54 Å². The van der Waals surface area contributed by atoms with Crippen LogP contribution in [0.3, 0.4) is 0 Å². The van der Waals surface area contributed by atoms with E-state index in [4.69, 9.17) is 4.42 Å². The van der Waals surface area contributed by atoms with Crippen molar-refractivity contribution in [2.24, 2.45) is 5.92 Å². The predicted octanol–water partition coefficient (Wildman–Crippen LogP) is 3.07. The Hall–Kier alpha value is -0.320. The summed E-state index contributed by atoms with van der Waals surface area (Å²) in [7, 11) is 0. The van der Waals surface area contributed by atoms with Crippen LogP contribution in [0.25, 0.3) is 0 Å². The lowest BCUT2D eigenvalue weighted by molar-refractivity contribution is 0.0963. The highest BCUT2D eigenvalue weighted by atomic mass is 79.9. The van der Waals surface area contributed by atoms with Gasteiger partial charge in [0.25, 0.3) is 0 Å². The first-order valence-corrected chi connectivity index (χ1v) is 7.03. The summed E-state index contributed by atoms with van der Waals surface area (Å²) in [5, 5.41) is 13.1. The van der Waals surface area contributed by atoms with Gasteiger partial charge < -0.3 is 14.8 Å². The lowest BCUT2D eigenvalue weighted by Gasteiger charge is -2.39. The number of halogens is 1. The Balaban J connectivity index is 1.94. The predicted molar refractivity (Wildman–Crippen MR) is 70.7 cm³/mol. The van der Waals surface area contributed by atoms with E-state index in [1.165, 1.54) is 12.8 Å². The van der Waals surface area contributed by atoms with E-state index in [9.17, 15) is 5.11 Å². The number of nitrogens with one attached hydrogen (secondary N) is 1. The first-order chi connectivity index (χ1) is 8.13. The highest BCUT2D eigenvalue weighted by molar-refractivity contribution is 9.10. The van der Waals surface area contributed by atoms with E-state index in [-0.39, 0.29) is 12.1 Å². The van der Waals surface area contributed by atoms with E-state index in [2.05, 4.69) is 28.2 Å². The van der Waals surface area contributed by atoms with Gasteiger partial charge in [-0.2, -0.15) is 0 Å². The fraction of sp³-hybridized carbons (Fsp3) is 0.692. The molecule has 0 bridgehead atoms. The molecule has 2 rings (SSSR count). The molecule has 0 radical (unpaired) electrons. The maximum absolute atomic E-state index is 9.64. The molecule has 2 unspecified atom stereocenters. The van der Waals surface area contributed by atoms with Crippen molar-refractivity contribution in [2.45, 2.75) is 44.7 Å². The average molecular weight is 302 g/mol. The molecule has 2 atom stereocenters. The van der Waals surface area contributed by atoms with Crippen LogP contribution >= 0.6 is 15.9 Å². The van der Waals surface area contributed by atoms with Crippen molar-refractivity contribution in [3.63, 3.8) is 0 Å². The van der Waals surface area contributed by atoms with Crippen LogP contribution in [-0.2, 0) is 6.54 Å². The largest absolute Gasteiger partial charge is 0.453 e. The fourth-order valence-electron chi connectivity index (χ4n) is 2.74. The summed E-state index contributed by atoms with van der Waals surface area (Å²) in [5.74, 6) is 1.59. The molecule has 0 aromatic carbocycles. The zero-order valence-electron chi connectivity index (χ0n) is 10.2. The van der Waals surface area contributed by atoms with Crippen LogP contribution in [0.1, 0.15) is 38.4 Å². The average Bonchev–Trinajstić information content (AvgIpc) is 2.73. The summed E-state index contributed by atoms with van der Waals surface area (Å²) in [4.78, 5) is 0. The van der Waals surface area contributed by atoms with Crippen molar-refractivity contribution in [3.05, 3.63) is 22.6 Å². The molecule has 3 nitrogen and oxygen atoms in total. The zero-order chi connectivity index (χ0) is 12.3. The monoisotopic (exact) mass is 301 g/mol. The van der Waals surface area contributed by atoms with E-state index in [0.29, 0.717) is 12.5 Å². The Kier molecular flexibility index (Phi) is 4.28. The van der Waals surface area contributed by atoms with Gasteiger partial charge in [0.05, 0.1) is 13.2 Å². The van der Waals surface area contributed by atoms with Crippen molar-refractivity contribution in [3.8, 4) is 0 Å². The number of rotatable bonds is 4. The molecule has 17 heavy (non-hydrogen) atoms. The third-order valence-electron chi connectivity index (χ3n) is 3.66. The van der Waals surface area contributed by atoms with Crippen LogP contribution in [0.5, 0.6) is 0 Å². The minimum Gasteiger partial charge on any atom is -0.453 e. The second-order valence-corrected chi connectivity index (χ2v) is 5.98. The first kappa shape index (κ1) is 13.1. The number of hydrogen-bond acceptors (Lipinski definition) is 3. The van der Waals surface area contributed by atoms with Gasteiger partial charge in [-0.1, -0.05) is 19.8 Å². The van der Waals surface area contributed by atoms with Crippen molar-refractivity contribution in [2.75, 3.05) is 6.61 Å². The summed E-state index contributed by atoms with van der Waals surface area (Å²) in [6.45, 7) is 3.15. The Morgan fingerprint density at radius 2 is 2.41 bits per heavy atom. The van der Waals surface area contributed by atoms with E-state index < -0.39 is 0 Å². The standard InChI is InChI=1S/C13H20BrNO2/c1-10-3-2-6-13(7-10,9-16)15-8-11-4-5-12(14)17-11/h4-5,10,15-16H,2-3,6-9H2,1H3. The Morgan fingerprint density at radius 1 is 1.59 bits per heavy atom. The van der Waals surface area contributed by atoms with E-state index >= 15 is 0 Å². The lowest BCUT2D eigenvalue weighted by Crippen LogP contribution is -2.51. The molecular weight excluding hydrogens is 282 g/mol. The van der Waals surface area contributed by atoms with Gasteiger partial charge in [0.15, 0.2) is 4.67 Å². The molecule has 1 heterocycles. The SMILES string of the molecule is CC1CCCC(CO)(NCc2ccc(Br)o2)C1. The van der Waals surface area contributed by atoms with Gasteiger partial charge in [0.1, 0.15) is 5.76 Å². The first-order valence-electron chi connectivity index (χ1n) is 6.24. The Bertz CT molecular complexity index is 366. The van der Waals surface area contributed by atoms with Crippen LogP contribution in [-0.4, -0.2) is 17.3 Å². The molecule has 96 valence electrons. The second-order valence-electron chi connectivity index (χ2n) is 5.20. The minimum atomic E-state index is -0.114. The maximum Gasteiger partial charge on any atom is 0.169 e. The van der Waals surface area contributed by atoms with Gasteiger partial charge in [-0.25, -0.2) is 0 Å². The number of aliphatic hydroxyl groups excluding tert-OH is 1. The minimum absolute atomic E-state index is 0.114. The molecule has 2 N–H and O–H groups in total. The quantitative estimate of drug-likeness (QED) is 0.898. The molecule has 0 spiro atoms. The molecule has 1 aliphatic rings. The zero-order valence-corrected chi connectivity index (χ0v) is 11.8. The molecule has 0 amide bonds. The number of aliphatic hydroxyl groups is 1. The summed E-state index contributed by atoms with van der Waals surface area (Å²) >= 11 is 3.29. The van der Waals surface area contributed by atoms with E-state index in [0.717, 1.165) is 23.3 Å². The smallest absolute Gasteiger partial charge is 0.169 e. The molecule has 1 aliphatic carbocycles.